The summed E-state index contributed by atoms with van der Waals surface area (Å²) in [6.07, 6.45) is 11.4. The van der Waals surface area contributed by atoms with Crippen LogP contribution in [-0.4, -0.2) is 13.1 Å². The van der Waals surface area contributed by atoms with Crippen molar-refractivity contribution in [2.45, 2.75) is 72.1 Å². The van der Waals surface area contributed by atoms with E-state index in [0.717, 1.165) is 17.8 Å². The molecule has 102 valence electrons. The first kappa shape index (κ1) is 15.0. The van der Waals surface area contributed by atoms with E-state index in [0.29, 0.717) is 0 Å². The topological polar surface area (TPSA) is 12.0 Å². The lowest BCUT2D eigenvalue weighted by Crippen LogP contribution is -2.31. The highest BCUT2D eigenvalue weighted by atomic mass is 14.9. The van der Waals surface area contributed by atoms with Gasteiger partial charge in [-0.25, -0.2) is 0 Å². The van der Waals surface area contributed by atoms with Crippen molar-refractivity contribution in [2.75, 3.05) is 13.1 Å². The van der Waals surface area contributed by atoms with Crippen molar-refractivity contribution >= 4 is 0 Å². The van der Waals surface area contributed by atoms with E-state index in [1.54, 1.807) is 0 Å². The SMILES string of the molecule is CCCNCC1CCCCCC1C(CC)CC. The molecule has 0 radical (unpaired) electrons. The maximum Gasteiger partial charge on any atom is -0.00178 e. The van der Waals surface area contributed by atoms with Gasteiger partial charge in [-0.15, -0.1) is 0 Å². The summed E-state index contributed by atoms with van der Waals surface area (Å²) in [5.74, 6) is 2.92. The Hall–Kier alpha value is -0.0400. The quantitative estimate of drug-likeness (QED) is 0.505. The number of rotatable bonds is 7. The molecule has 2 atom stereocenters. The molecule has 1 aliphatic rings. The van der Waals surface area contributed by atoms with Crippen molar-refractivity contribution in [3.8, 4) is 0 Å². The monoisotopic (exact) mass is 239 g/mol. The molecule has 1 heteroatoms. The standard InChI is InChI=1S/C16H33N/c1-4-12-17-13-15-10-8-7-9-11-16(15)14(5-2)6-3/h14-17H,4-13H2,1-3H3. The van der Waals surface area contributed by atoms with Gasteiger partial charge in [-0.05, 0) is 50.1 Å². The first-order valence-electron chi connectivity index (χ1n) is 8.04. The molecule has 1 saturated carbocycles. The van der Waals surface area contributed by atoms with E-state index in [1.807, 2.05) is 0 Å². The van der Waals surface area contributed by atoms with Crippen LogP contribution in [0, 0.1) is 17.8 Å². The van der Waals surface area contributed by atoms with Crippen LogP contribution >= 0.6 is 0 Å². The molecule has 0 bridgehead atoms. The summed E-state index contributed by atoms with van der Waals surface area (Å²) in [6.45, 7) is 9.50. The molecule has 1 N–H and O–H groups in total. The normalized spacial score (nSPS) is 26.1. The van der Waals surface area contributed by atoms with Gasteiger partial charge in [0.05, 0.1) is 0 Å². The van der Waals surface area contributed by atoms with Crippen molar-refractivity contribution in [3.63, 3.8) is 0 Å². The smallest absolute Gasteiger partial charge is 0.00178 e. The summed E-state index contributed by atoms with van der Waals surface area (Å²) in [4.78, 5) is 0. The lowest BCUT2D eigenvalue weighted by Gasteiger charge is -2.32. The highest BCUT2D eigenvalue weighted by Crippen LogP contribution is 2.36. The minimum Gasteiger partial charge on any atom is -0.316 e. The van der Waals surface area contributed by atoms with Crippen LogP contribution in [0.3, 0.4) is 0 Å². The van der Waals surface area contributed by atoms with Gasteiger partial charge in [-0.2, -0.15) is 0 Å². The molecule has 0 spiro atoms. The Labute approximate surface area is 109 Å². The lowest BCUT2D eigenvalue weighted by atomic mass is 9.76. The summed E-state index contributed by atoms with van der Waals surface area (Å²) >= 11 is 0. The average molecular weight is 239 g/mol. The largest absolute Gasteiger partial charge is 0.316 e. The first-order chi connectivity index (χ1) is 8.33. The average Bonchev–Trinajstić information content (AvgIpc) is 2.58. The molecule has 1 nitrogen and oxygen atoms in total. The first-order valence-corrected chi connectivity index (χ1v) is 8.04. The summed E-state index contributed by atoms with van der Waals surface area (Å²) in [5.41, 5.74) is 0. The van der Waals surface area contributed by atoms with Crippen LogP contribution in [0.4, 0.5) is 0 Å². The maximum atomic E-state index is 3.67. The minimum atomic E-state index is 0.953. The fourth-order valence-electron chi connectivity index (χ4n) is 3.65. The Bertz CT molecular complexity index is 174. The third kappa shape index (κ3) is 4.99. The van der Waals surface area contributed by atoms with Gasteiger partial charge in [0.15, 0.2) is 0 Å². The Morgan fingerprint density at radius 1 is 1.00 bits per heavy atom. The van der Waals surface area contributed by atoms with Crippen molar-refractivity contribution in [2.24, 2.45) is 17.8 Å². The van der Waals surface area contributed by atoms with Crippen LogP contribution in [0.2, 0.25) is 0 Å². The Morgan fingerprint density at radius 3 is 2.35 bits per heavy atom. The van der Waals surface area contributed by atoms with Gasteiger partial charge in [-0.3, -0.25) is 0 Å². The van der Waals surface area contributed by atoms with Crippen LogP contribution in [0.1, 0.15) is 72.1 Å². The van der Waals surface area contributed by atoms with Crippen LogP contribution in [0.15, 0.2) is 0 Å². The zero-order valence-electron chi connectivity index (χ0n) is 12.3. The van der Waals surface area contributed by atoms with Gasteiger partial charge in [0.2, 0.25) is 0 Å². The van der Waals surface area contributed by atoms with E-state index >= 15 is 0 Å². The van der Waals surface area contributed by atoms with Crippen LogP contribution in [-0.2, 0) is 0 Å². The zero-order valence-corrected chi connectivity index (χ0v) is 12.3. The van der Waals surface area contributed by atoms with Gasteiger partial charge in [0.25, 0.3) is 0 Å². The third-order valence-corrected chi connectivity index (χ3v) is 4.71. The van der Waals surface area contributed by atoms with E-state index in [9.17, 15) is 0 Å². The van der Waals surface area contributed by atoms with Crippen molar-refractivity contribution in [1.29, 1.82) is 0 Å². The van der Waals surface area contributed by atoms with Gasteiger partial charge < -0.3 is 5.32 Å². The number of nitrogens with one attached hydrogen (secondary N) is 1. The molecule has 0 heterocycles. The Morgan fingerprint density at radius 2 is 1.71 bits per heavy atom. The maximum absolute atomic E-state index is 3.67. The zero-order chi connectivity index (χ0) is 12.5. The molecule has 0 amide bonds. The molecule has 0 aromatic heterocycles. The van der Waals surface area contributed by atoms with E-state index in [4.69, 9.17) is 0 Å². The summed E-state index contributed by atoms with van der Waals surface area (Å²) in [5, 5.41) is 3.67. The molecular formula is C16H33N. The molecule has 1 aliphatic carbocycles. The Balaban J connectivity index is 2.51. The predicted octanol–water partition coefficient (Wildman–Crippen LogP) is 4.62. The van der Waals surface area contributed by atoms with E-state index < -0.39 is 0 Å². The fraction of sp³-hybridized carbons (Fsp3) is 1.00. The molecular weight excluding hydrogens is 206 g/mol. The second-order valence-electron chi connectivity index (χ2n) is 5.84. The summed E-state index contributed by atoms with van der Waals surface area (Å²) < 4.78 is 0. The van der Waals surface area contributed by atoms with Gasteiger partial charge in [0, 0.05) is 0 Å². The summed E-state index contributed by atoms with van der Waals surface area (Å²) in [7, 11) is 0. The molecule has 1 fully saturated rings. The third-order valence-electron chi connectivity index (χ3n) is 4.71. The van der Waals surface area contributed by atoms with E-state index in [2.05, 4.69) is 26.1 Å². The molecule has 0 aliphatic heterocycles. The van der Waals surface area contributed by atoms with E-state index in [1.165, 1.54) is 64.5 Å². The molecule has 0 saturated heterocycles. The number of hydrogen-bond acceptors (Lipinski definition) is 1. The second-order valence-corrected chi connectivity index (χ2v) is 5.84. The lowest BCUT2D eigenvalue weighted by molar-refractivity contribution is 0.196. The molecule has 0 aromatic rings. The molecule has 0 aromatic carbocycles. The second kappa shape index (κ2) is 8.97. The Kier molecular flexibility index (Phi) is 7.92. The van der Waals surface area contributed by atoms with Gasteiger partial charge in [0.1, 0.15) is 0 Å². The highest BCUT2D eigenvalue weighted by Gasteiger charge is 2.28. The molecule has 17 heavy (non-hydrogen) atoms. The van der Waals surface area contributed by atoms with Crippen LogP contribution in [0.5, 0.6) is 0 Å². The van der Waals surface area contributed by atoms with Crippen molar-refractivity contribution in [1.82, 2.24) is 5.32 Å². The van der Waals surface area contributed by atoms with Gasteiger partial charge >= 0.3 is 0 Å². The fourth-order valence-corrected chi connectivity index (χ4v) is 3.65. The molecule has 2 unspecified atom stereocenters. The molecule has 1 rings (SSSR count). The number of hydrogen-bond donors (Lipinski definition) is 1. The predicted molar refractivity (Wildman–Crippen MR) is 77.3 cm³/mol. The van der Waals surface area contributed by atoms with Crippen LogP contribution < -0.4 is 5.32 Å². The van der Waals surface area contributed by atoms with Crippen molar-refractivity contribution in [3.05, 3.63) is 0 Å². The van der Waals surface area contributed by atoms with Gasteiger partial charge in [-0.1, -0.05) is 52.9 Å². The van der Waals surface area contributed by atoms with E-state index in [-0.39, 0.29) is 0 Å². The van der Waals surface area contributed by atoms with Crippen molar-refractivity contribution < 1.29 is 0 Å². The minimum absolute atomic E-state index is 0.953. The summed E-state index contributed by atoms with van der Waals surface area (Å²) in [6, 6.07) is 0. The highest BCUT2D eigenvalue weighted by molar-refractivity contribution is 4.80. The van der Waals surface area contributed by atoms with Crippen LogP contribution in [0.25, 0.3) is 0 Å².